The normalized spacial score (nSPS) is 9.58. The molecule has 0 saturated carbocycles. The van der Waals surface area contributed by atoms with Crippen LogP contribution in [0, 0.1) is 0 Å². The number of halogens is 1. The second-order valence-electron chi connectivity index (χ2n) is 2.20. The highest BCUT2D eigenvalue weighted by Crippen LogP contribution is 2.20. The fourth-order valence-corrected chi connectivity index (χ4v) is 1.15. The quantitative estimate of drug-likeness (QED) is 0.446. The van der Waals surface area contributed by atoms with Crippen molar-refractivity contribution in [1.82, 2.24) is 4.98 Å². The molecule has 0 fully saturated rings. The van der Waals surface area contributed by atoms with Crippen LogP contribution in [0.3, 0.4) is 0 Å². The molecule has 0 saturated heterocycles. The van der Waals surface area contributed by atoms with Gasteiger partial charge in [-0.05, 0) is 28.1 Å². The van der Waals surface area contributed by atoms with E-state index in [-0.39, 0.29) is 5.91 Å². The van der Waals surface area contributed by atoms with E-state index in [0.29, 0.717) is 10.3 Å². The maximum atomic E-state index is 10.8. The van der Waals surface area contributed by atoms with Crippen LogP contribution in [0.5, 0.6) is 0 Å². The molecule has 1 aromatic heterocycles. The van der Waals surface area contributed by atoms with Gasteiger partial charge >= 0.3 is 0 Å². The minimum absolute atomic E-state index is 0.255. The maximum absolute atomic E-state index is 10.8. The van der Waals surface area contributed by atoms with Crippen molar-refractivity contribution < 1.29 is 4.79 Å². The van der Waals surface area contributed by atoms with E-state index in [0.717, 1.165) is 5.01 Å². The van der Waals surface area contributed by atoms with Crippen LogP contribution in [0.1, 0.15) is 6.92 Å². The summed E-state index contributed by atoms with van der Waals surface area (Å²) in [6.45, 7) is 1.38. The third-order valence-electron chi connectivity index (χ3n) is 1.31. The Morgan fingerprint density at radius 2 is 2.42 bits per heavy atom. The molecule has 12 heavy (non-hydrogen) atoms. The van der Waals surface area contributed by atoms with Gasteiger partial charge in [-0.15, -0.1) is 0 Å². The largest absolute Gasteiger partial charge is 0.273 e. The number of nitrogens with two attached hydrogens (primary N) is 1. The lowest BCUT2D eigenvalue weighted by atomic mass is 10.4. The van der Waals surface area contributed by atoms with Gasteiger partial charge in [0.2, 0.25) is 5.91 Å². The third kappa shape index (κ3) is 1.80. The monoisotopic (exact) mass is 229 g/mol. The Kier molecular flexibility index (Phi) is 2.78. The first-order chi connectivity index (χ1) is 5.63. The summed E-state index contributed by atoms with van der Waals surface area (Å²) in [4.78, 5) is 14.8. The fraction of sp³-hybridized carbons (Fsp3) is 0.143. The highest BCUT2D eigenvalue weighted by molar-refractivity contribution is 9.10. The highest BCUT2D eigenvalue weighted by atomic mass is 79.9. The van der Waals surface area contributed by atoms with E-state index in [9.17, 15) is 4.79 Å². The molecular weight excluding hydrogens is 222 g/mol. The molecule has 0 unspecified atom stereocenters. The summed E-state index contributed by atoms with van der Waals surface area (Å²) in [5.74, 6) is 5.60. The molecule has 0 bridgehead atoms. The van der Waals surface area contributed by atoms with E-state index in [1.165, 1.54) is 6.92 Å². The summed E-state index contributed by atoms with van der Waals surface area (Å²) >= 11 is 3.23. The first-order valence-electron chi connectivity index (χ1n) is 3.29. The Hall–Kier alpha value is -0.940. The van der Waals surface area contributed by atoms with E-state index in [4.69, 9.17) is 5.84 Å². The van der Waals surface area contributed by atoms with Crippen LogP contribution in [-0.4, -0.2) is 10.9 Å². The van der Waals surface area contributed by atoms with E-state index < -0.39 is 0 Å². The molecule has 0 spiro atoms. The van der Waals surface area contributed by atoms with Crippen molar-refractivity contribution in [2.45, 2.75) is 6.92 Å². The zero-order valence-corrected chi connectivity index (χ0v) is 8.08. The van der Waals surface area contributed by atoms with Gasteiger partial charge in [-0.1, -0.05) is 0 Å². The average molecular weight is 230 g/mol. The second-order valence-corrected chi connectivity index (χ2v) is 3.05. The average Bonchev–Trinajstić information content (AvgIpc) is 2.04. The van der Waals surface area contributed by atoms with Crippen LogP contribution in [0.2, 0.25) is 0 Å². The molecule has 1 heterocycles. The number of carbonyl (C=O) groups excluding carboxylic acids is 1. The van der Waals surface area contributed by atoms with Gasteiger partial charge in [0.25, 0.3) is 0 Å². The van der Waals surface area contributed by atoms with E-state index in [1.807, 2.05) is 0 Å². The molecule has 0 atom stereocenters. The Morgan fingerprint density at radius 1 is 1.75 bits per heavy atom. The number of anilines is 1. The van der Waals surface area contributed by atoms with Crippen molar-refractivity contribution in [2.75, 3.05) is 5.01 Å². The summed E-state index contributed by atoms with van der Waals surface area (Å²) in [6.07, 6.45) is 1.57. The van der Waals surface area contributed by atoms with Gasteiger partial charge in [0.05, 0.1) is 4.47 Å². The van der Waals surface area contributed by atoms with Crippen LogP contribution in [0.15, 0.2) is 22.8 Å². The Bertz CT molecular complexity index is 302. The molecule has 0 aliphatic rings. The number of rotatable bonds is 1. The molecule has 0 aliphatic heterocycles. The number of hydrazine groups is 1. The summed E-state index contributed by atoms with van der Waals surface area (Å²) in [5, 5.41) is 0.990. The van der Waals surface area contributed by atoms with Gasteiger partial charge in [-0.25, -0.2) is 15.8 Å². The van der Waals surface area contributed by atoms with Gasteiger partial charge in [0.15, 0.2) is 5.82 Å². The van der Waals surface area contributed by atoms with Gasteiger partial charge in [-0.2, -0.15) is 0 Å². The number of pyridine rings is 1. The molecule has 4 nitrogen and oxygen atoms in total. The topological polar surface area (TPSA) is 59.2 Å². The predicted molar refractivity (Wildman–Crippen MR) is 49.3 cm³/mol. The van der Waals surface area contributed by atoms with Gasteiger partial charge < -0.3 is 0 Å². The van der Waals surface area contributed by atoms with Gasteiger partial charge in [0, 0.05) is 13.1 Å². The molecule has 0 radical (unpaired) electrons. The zero-order valence-electron chi connectivity index (χ0n) is 6.49. The van der Waals surface area contributed by atoms with Gasteiger partial charge in [0.1, 0.15) is 0 Å². The standard InChI is InChI=1S/C7H8BrN3O/c1-5(12)11(9)7-6(8)3-2-4-10-7/h2-4H,9H2,1H3. The van der Waals surface area contributed by atoms with Crippen molar-refractivity contribution in [3.8, 4) is 0 Å². The lowest BCUT2D eigenvalue weighted by molar-refractivity contribution is -0.116. The lowest BCUT2D eigenvalue weighted by Gasteiger charge is -2.13. The van der Waals surface area contributed by atoms with E-state index in [2.05, 4.69) is 20.9 Å². The zero-order chi connectivity index (χ0) is 9.14. The molecule has 5 heteroatoms. The molecule has 0 aliphatic carbocycles. The Balaban J connectivity index is 3.02. The van der Waals surface area contributed by atoms with Crippen LogP contribution < -0.4 is 10.9 Å². The molecule has 0 aromatic carbocycles. The molecule has 2 N–H and O–H groups in total. The lowest BCUT2D eigenvalue weighted by Crippen LogP contribution is -2.36. The van der Waals surface area contributed by atoms with E-state index >= 15 is 0 Å². The van der Waals surface area contributed by atoms with Gasteiger partial charge in [-0.3, -0.25) is 4.79 Å². The van der Waals surface area contributed by atoms with Crippen molar-refractivity contribution >= 4 is 27.7 Å². The molecular formula is C7H8BrN3O. The predicted octanol–water partition coefficient (Wildman–Crippen LogP) is 1.07. The minimum atomic E-state index is -0.255. The number of hydrogen-bond donors (Lipinski definition) is 1. The van der Waals surface area contributed by atoms with Crippen molar-refractivity contribution in [2.24, 2.45) is 5.84 Å². The molecule has 1 amide bonds. The Morgan fingerprint density at radius 3 is 2.92 bits per heavy atom. The first-order valence-corrected chi connectivity index (χ1v) is 4.08. The van der Waals surface area contributed by atoms with Crippen molar-refractivity contribution in [1.29, 1.82) is 0 Å². The Labute approximate surface area is 78.5 Å². The van der Waals surface area contributed by atoms with E-state index in [1.54, 1.807) is 18.3 Å². The van der Waals surface area contributed by atoms with Crippen LogP contribution in [0.25, 0.3) is 0 Å². The molecule has 64 valence electrons. The van der Waals surface area contributed by atoms with Crippen LogP contribution in [0.4, 0.5) is 5.82 Å². The second kappa shape index (κ2) is 3.64. The first kappa shape index (κ1) is 9.15. The number of aromatic nitrogens is 1. The highest BCUT2D eigenvalue weighted by Gasteiger charge is 2.10. The number of amides is 1. The number of carbonyl (C=O) groups is 1. The fourth-order valence-electron chi connectivity index (χ4n) is 0.704. The molecule has 1 aromatic rings. The SMILES string of the molecule is CC(=O)N(N)c1ncccc1Br. The van der Waals surface area contributed by atoms with Crippen molar-refractivity contribution in [3.05, 3.63) is 22.8 Å². The smallest absolute Gasteiger partial charge is 0.239 e. The minimum Gasteiger partial charge on any atom is -0.273 e. The third-order valence-corrected chi connectivity index (χ3v) is 1.93. The summed E-state index contributed by atoms with van der Waals surface area (Å²) < 4.78 is 0.697. The van der Waals surface area contributed by atoms with Crippen LogP contribution >= 0.6 is 15.9 Å². The van der Waals surface area contributed by atoms with Crippen LogP contribution in [-0.2, 0) is 4.79 Å². The maximum Gasteiger partial charge on any atom is 0.239 e. The number of nitrogens with zero attached hydrogens (tertiary/aromatic N) is 2. The number of hydrogen-bond acceptors (Lipinski definition) is 3. The molecule has 1 rings (SSSR count). The summed E-state index contributed by atoms with van der Waals surface area (Å²) in [7, 11) is 0. The summed E-state index contributed by atoms with van der Waals surface area (Å²) in [5.41, 5.74) is 0. The van der Waals surface area contributed by atoms with Crippen molar-refractivity contribution in [3.63, 3.8) is 0 Å². The summed E-state index contributed by atoms with van der Waals surface area (Å²) in [6, 6.07) is 3.52.